The third-order valence-corrected chi connectivity index (χ3v) is 1.02. The molecular formula is C9H21NO. The lowest BCUT2D eigenvalue weighted by molar-refractivity contribution is 0.316. The highest BCUT2D eigenvalue weighted by Gasteiger charge is 1.92. The maximum Gasteiger partial charge on any atom is 0.182 e. The van der Waals surface area contributed by atoms with Gasteiger partial charge in [0.2, 0.25) is 0 Å². The Morgan fingerprint density at radius 3 is 2.09 bits per heavy atom. The highest BCUT2D eigenvalue weighted by molar-refractivity contribution is 5.75. The van der Waals surface area contributed by atoms with E-state index in [4.69, 9.17) is 4.74 Å². The van der Waals surface area contributed by atoms with Crippen molar-refractivity contribution in [1.82, 2.24) is 0 Å². The molecule has 0 bridgehead atoms. The number of rotatable bonds is 3. The quantitative estimate of drug-likeness (QED) is 0.458. The molecular weight excluding hydrogens is 138 g/mol. The molecule has 0 spiro atoms. The Labute approximate surface area is 70.7 Å². The summed E-state index contributed by atoms with van der Waals surface area (Å²) < 4.78 is 5.18. The van der Waals surface area contributed by atoms with Crippen LogP contribution in [-0.2, 0) is 4.74 Å². The van der Waals surface area contributed by atoms with Crippen LogP contribution in [0, 0.1) is 0 Å². The van der Waals surface area contributed by atoms with E-state index in [1.807, 2.05) is 20.8 Å². The van der Waals surface area contributed by atoms with Gasteiger partial charge >= 0.3 is 0 Å². The first kappa shape index (κ1) is 13.1. The van der Waals surface area contributed by atoms with Gasteiger partial charge in [0.1, 0.15) is 0 Å². The van der Waals surface area contributed by atoms with Crippen LogP contribution in [0.25, 0.3) is 0 Å². The zero-order chi connectivity index (χ0) is 9.11. The first-order valence-electron chi connectivity index (χ1n) is 4.43. The maximum atomic E-state index is 5.18. The Morgan fingerprint density at radius 2 is 1.82 bits per heavy atom. The van der Waals surface area contributed by atoms with Crippen molar-refractivity contribution in [1.29, 1.82) is 0 Å². The Hall–Kier alpha value is -0.530. The second-order valence-corrected chi connectivity index (χ2v) is 1.80. The SMILES string of the molecule is CC.CCCC(=NC)OCC. The Morgan fingerprint density at radius 1 is 1.27 bits per heavy atom. The number of hydrogen-bond acceptors (Lipinski definition) is 2. The number of nitrogens with zero attached hydrogens (tertiary/aromatic N) is 1. The van der Waals surface area contributed by atoms with Crippen LogP contribution in [0.15, 0.2) is 4.99 Å². The molecule has 2 nitrogen and oxygen atoms in total. The van der Waals surface area contributed by atoms with Crippen LogP contribution in [0.3, 0.4) is 0 Å². The summed E-state index contributed by atoms with van der Waals surface area (Å²) in [6.45, 7) is 8.82. The van der Waals surface area contributed by atoms with Crippen molar-refractivity contribution >= 4 is 5.90 Å². The molecule has 0 unspecified atom stereocenters. The Kier molecular flexibility index (Phi) is 14.5. The molecule has 0 heterocycles. The van der Waals surface area contributed by atoms with Gasteiger partial charge in [-0.25, -0.2) is 0 Å². The molecule has 0 aliphatic heterocycles. The first-order chi connectivity index (χ1) is 5.35. The van der Waals surface area contributed by atoms with Crippen LogP contribution in [0.4, 0.5) is 0 Å². The minimum atomic E-state index is 0.729. The Bertz CT molecular complexity index is 81.6. The van der Waals surface area contributed by atoms with E-state index in [0.29, 0.717) is 0 Å². The predicted molar refractivity (Wildman–Crippen MR) is 51.2 cm³/mol. The van der Waals surface area contributed by atoms with E-state index in [2.05, 4.69) is 11.9 Å². The lowest BCUT2D eigenvalue weighted by Crippen LogP contribution is -2.03. The molecule has 0 radical (unpaired) electrons. The summed E-state index contributed by atoms with van der Waals surface area (Å²) in [7, 11) is 1.76. The highest BCUT2D eigenvalue weighted by Crippen LogP contribution is 1.92. The zero-order valence-electron chi connectivity index (χ0n) is 8.48. The topological polar surface area (TPSA) is 21.6 Å². The van der Waals surface area contributed by atoms with Gasteiger partial charge in [-0.3, -0.25) is 4.99 Å². The van der Waals surface area contributed by atoms with Crippen LogP contribution in [-0.4, -0.2) is 19.6 Å². The fraction of sp³-hybridized carbons (Fsp3) is 0.889. The van der Waals surface area contributed by atoms with E-state index in [9.17, 15) is 0 Å². The molecule has 11 heavy (non-hydrogen) atoms. The Balaban J connectivity index is 0. The molecule has 0 aliphatic carbocycles. The van der Waals surface area contributed by atoms with Gasteiger partial charge in [0.15, 0.2) is 5.90 Å². The normalized spacial score (nSPS) is 10.1. The van der Waals surface area contributed by atoms with Crippen molar-refractivity contribution in [2.75, 3.05) is 13.7 Å². The summed E-state index contributed by atoms with van der Waals surface area (Å²) in [6, 6.07) is 0. The van der Waals surface area contributed by atoms with Crippen molar-refractivity contribution < 1.29 is 4.74 Å². The van der Waals surface area contributed by atoms with E-state index in [-0.39, 0.29) is 0 Å². The van der Waals surface area contributed by atoms with Crippen molar-refractivity contribution in [3.05, 3.63) is 0 Å². The van der Waals surface area contributed by atoms with Crippen LogP contribution < -0.4 is 0 Å². The smallest absolute Gasteiger partial charge is 0.182 e. The number of hydrogen-bond donors (Lipinski definition) is 0. The third-order valence-electron chi connectivity index (χ3n) is 1.02. The van der Waals surface area contributed by atoms with Gasteiger partial charge < -0.3 is 4.74 Å². The monoisotopic (exact) mass is 159 g/mol. The molecule has 2 heteroatoms. The summed E-state index contributed by atoms with van der Waals surface area (Å²) in [5.41, 5.74) is 0. The van der Waals surface area contributed by atoms with Gasteiger partial charge in [0.25, 0.3) is 0 Å². The standard InChI is InChI=1S/C7H15NO.C2H6/c1-4-6-7(8-3)9-5-2;1-2/h4-6H2,1-3H3;1-2H3. The fourth-order valence-electron chi connectivity index (χ4n) is 0.629. The molecule has 0 amide bonds. The molecule has 0 saturated carbocycles. The van der Waals surface area contributed by atoms with Crippen LogP contribution in [0.2, 0.25) is 0 Å². The maximum absolute atomic E-state index is 5.18. The third kappa shape index (κ3) is 9.47. The minimum Gasteiger partial charge on any atom is -0.481 e. The lowest BCUT2D eigenvalue weighted by atomic mass is 10.3. The average Bonchev–Trinajstić information content (AvgIpc) is 2.08. The van der Waals surface area contributed by atoms with Crippen molar-refractivity contribution in [3.8, 4) is 0 Å². The number of aliphatic imine (C=N–C) groups is 1. The molecule has 0 rings (SSSR count). The van der Waals surface area contributed by atoms with Gasteiger partial charge in [-0.05, 0) is 13.3 Å². The fourth-order valence-corrected chi connectivity index (χ4v) is 0.629. The second kappa shape index (κ2) is 12.2. The highest BCUT2D eigenvalue weighted by atomic mass is 16.5. The van der Waals surface area contributed by atoms with E-state index >= 15 is 0 Å². The zero-order valence-corrected chi connectivity index (χ0v) is 8.48. The van der Waals surface area contributed by atoms with E-state index in [1.54, 1.807) is 7.05 Å². The average molecular weight is 159 g/mol. The van der Waals surface area contributed by atoms with Crippen molar-refractivity contribution in [3.63, 3.8) is 0 Å². The largest absolute Gasteiger partial charge is 0.481 e. The van der Waals surface area contributed by atoms with Gasteiger partial charge in [-0.15, -0.1) is 0 Å². The van der Waals surface area contributed by atoms with E-state index < -0.39 is 0 Å². The summed E-state index contributed by atoms with van der Waals surface area (Å²) in [5.74, 6) is 0.875. The summed E-state index contributed by atoms with van der Waals surface area (Å²) in [6.07, 6.45) is 2.07. The van der Waals surface area contributed by atoms with Crippen LogP contribution in [0.5, 0.6) is 0 Å². The van der Waals surface area contributed by atoms with Crippen LogP contribution in [0.1, 0.15) is 40.5 Å². The molecule has 0 saturated heterocycles. The number of ether oxygens (including phenoxy) is 1. The molecule has 0 aromatic carbocycles. The molecule has 0 aromatic heterocycles. The molecule has 68 valence electrons. The molecule has 0 N–H and O–H groups in total. The predicted octanol–water partition coefficient (Wildman–Crippen LogP) is 2.88. The van der Waals surface area contributed by atoms with E-state index in [1.165, 1.54) is 0 Å². The first-order valence-corrected chi connectivity index (χ1v) is 4.43. The molecule has 0 atom stereocenters. The lowest BCUT2D eigenvalue weighted by Gasteiger charge is -2.02. The van der Waals surface area contributed by atoms with Gasteiger partial charge in [0, 0.05) is 13.5 Å². The summed E-state index contributed by atoms with van der Waals surface area (Å²) in [4.78, 5) is 3.96. The van der Waals surface area contributed by atoms with Crippen molar-refractivity contribution in [2.24, 2.45) is 4.99 Å². The van der Waals surface area contributed by atoms with Gasteiger partial charge in [0.05, 0.1) is 6.61 Å². The summed E-state index contributed by atoms with van der Waals surface area (Å²) in [5, 5.41) is 0. The molecule has 0 aliphatic rings. The van der Waals surface area contributed by atoms with Gasteiger partial charge in [-0.2, -0.15) is 0 Å². The summed E-state index contributed by atoms with van der Waals surface area (Å²) >= 11 is 0. The second-order valence-electron chi connectivity index (χ2n) is 1.80. The van der Waals surface area contributed by atoms with Crippen molar-refractivity contribution in [2.45, 2.75) is 40.5 Å². The van der Waals surface area contributed by atoms with E-state index in [0.717, 1.165) is 25.3 Å². The van der Waals surface area contributed by atoms with Gasteiger partial charge in [-0.1, -0.05) is 20.8 Å². The molecule has 0 aromatic rings. The minimum absolute atomic E-state index is 0.729. The van der Waals surface area contributed by atoms with Crippen LogP contribution >= 0.6 is 0 Å². The molecule has 0 fully saturated rings.